The van der Waals surface area contributed by atoms with Crippen molar-refractivity contribution in [2.75, 3.05) is 13.1 Å². The molecule has 4 heteroatoms. The second kappa shape index (κ2) is 5.35. The molecule has 0 aliphatic carbocycles. The molecule has 2 aromatic rings. The minimum atomic E-state index is 0.0286. The minimum absolute atomic E-state index is 0.0286. The van der Waals surface area contributed by atoms with Gasteiger partial charge in [0.05, 0.1) is 0 Å². The molecule has 1 saturated heterocycles. The van der Waals surface area contributed by atoms with E-state index < -0.39 is 0 Å². The molecule has 1 fully saturated rings. The van der Waals surface area contributed by atoms with Gasteiger partial charge in [0.25, 0.3) is 0 Å². The van der Waals surface area contributed by atoms with Crippen LogP contribution in [0.1, 0.15) is 35.7 Å². The van der Waals surface area contributed by atoms with E-state index in [4.69, 9.17) is 0 Å². The number of Topliss-reactive ketones (excluding diaryl/α,β-unsaturated/α-hetero) is 1. The number of fused-ring (bicyclic) bond motifs is 1. The number of piperidine rings is 1. The largest absolute Gasteiger partial charge is 0.360 e. The summed E-state index contributed by atoms with van der Waals surface area (Å²) in [5.41, 5.74) is 2.98. The molecule has 4 nitrogen and oxygen atoms in total. The van der Waals surface area contributed by atoms with E-state index in [1.54, 1.807) is 6.92 Å². The van der Waals surface area contributed by atoms with Crippen molar-refractivity contribution < 1.29 is 9.59 Å². The van der Waals surface area contributed by atoms with Gasteiger partial charge in [0, 0.05) is 48.6 Å². The highest BCUT2D eigenvalue weighted by Gasteiger charge is 2.28. The second-order valence-electron chi connectivity index (χ2n) is 5.90. The van der Waals surface area contributed by atoms with Gasteiger partial charge in [-0.3, -0.25) is 9.59 Å². The van der Waals surface area contributed by atoms with E-state index in [0.29, 0.717) is 13.1 Å². The lowest BCUT2D eigenvalue weighted by Gasteiger charge is -2.30. The highest BCUT2D eigenvalue weighted by molar-refractivity contribution is 6.09. The quantitative estimate of drug-likeness (QED) is 0.862. The molecule has 0 saturated carbocycles. The molecule has 1 aromatic heterocycles. The molecule has 0 spiro atoms. The molecule has 1 aliphatic heterocycles. The van der Waals surface area contributed by atoms with Crippen molar-refractivity contribution in [1.29, 1.82) is 0 Å². The molecule has 1 aromatic carbocycles. The Balaban J connectivity index is 1.80. The van der Waals surface area contributed by atoms with E-state index in [9.17, 15) is 9.59 Å². The van der Waals surface area contributed by atoms with Crippen molar-refractivity contribution in [3.8, 4) is 0 Å². The Labute approximate surface area is 124 Å². The first-order chi connectivity index (χ1) is 10.1. The lowest BCUT2D eigenvalue weighted by Crippen LogP contribution is -2.39. The lowest BCUT2D eigenvalue weighted by atomic mass is 9.88. The first-order valence-corrected chi connectivity index (χ1v) is 7.43. The smallest absolute Gasteiger partial charge is 0.219 e. The Kier molecular flexibility index (Phi) is 3.53. The molecule has 2 heterocycles. The number of likely N-dealkylation sites (tertiary alicyclic amines) is 1. The fraction of sp³-hybridized carbons (Fsp3) is 0.412. The highest BCUT2D eigenvalue weighted by Crippen LogP contribution is 2.26. The number of nitrogens with one attached hydrogen (secondary N) is 1. The van der Waals surface area contributed by atoms with Crippen LogP contribution in [0.25, 0.3) is 10.9 Å². The van der Waals surface area contributed by atoms with Crippen LogP contribution < -0.4 is 0 Å². The molecule has 0 atom stereocenters. The number of H-pyrrole nitrogens is 1. The number of amides is 1. The Hall–Kier alpha value is -2.10. The molecule has 0 unspecified atom stereocenters. The van der Waals surface area contributed by atoms with Crippen molar-refractivity contribution in [2.24, 2.45) is 5.92 Å². The first-order valence-electron chi connectivity index (χ1n) is 7.43. The maximum absolute atomic E-state index is 12.7. The average molecular weight is 284 g/mol. The number of carbonyl (C=O) groups is 2. The molecular formula is C17H20N2O2. The Morgan fingerprint density at radius 2 is 1.95 bits per heavy atom. The third-order valence-electron chi connectivity index (χ3n) is 4.41. The predicted molar refractivity (Wildman–Crippen MR) is 82.3 cm³/mol. The van der Waals surface area contributed by atoms with Crippen LogP contribution in [0.2, 0.25) is 0 Å². The Morgan fingerprint density at radius 1 is 1.24 bits per heavy atom. The van der Waals surface area contributed by atoms with Crippen LogP contribution in [0.5, 0.6) is 0 Å². The van der Waals surface area contributed by atoms with Gasteiger partial charge in [-0.25, -0.2) is 0 Å². The molecule has 1 amide bonds. The second-order valence-corrected chi connectivity index (χ2v) is 5.90. The maximum atomic E-state index is 12.7. The van der Waals surface area contributed by atoms with Crippen LogP contribution in [0.3, 0.4) is 0 Å². The van der Waals surface area contributed by atoms with Gasteiger partial charge in [0.15, 0.2) is 5.78 Å². The van der Waals surface area contributed by atoms with Crippen molar-refractivity contribution in [2.45, 2.75) is 26.7 Å². The summed E-state index contributed by atoms with van der Waals surface area (Å²) in [6.07, 6.45) is 3.34. The fourth-order valence-corrected chi connectivity index (χ4v) is 3.12. The number of aromatic amines is 1. The molecule has 21 heavy (non-hydrogen) atoms. The maximum Gasteiger partial charge on any atom is 0.219 e. The van der Waals surface area contributed by atoms with Gasteiger partial charge in [-0.05, 0) is 31.4 Å². The minimum Gasteiger partial charge on any atom is -0.360 e. The number of rotatable bonds is 2. The van der Waals surface area contributed by atoms with Crippen molar-refractivity contribution >= 4 is 22.6 Å². The van der Waals surface area contributed by atoms with Gasteiger partial charge < -0.3 is 9.88 Å². The lowest BCUT2D eigenvalue weighted by molar-refractivity contribution is -0.130. The van der Waals surface area contributed by atoms with Crippen molar-refractivity contribution in [3.63, 3.8) is 0 Å². The number of hydrogen-bond acceptors (Lipinski definition) is 2. The third-order valence-corrected chi connectivity index (χ3v) is 4.41. The Morgan fingerprint density at radius 3 is 2.62 bits per heavy atom. The van der Waals surface area contributed by atoms with E-state index >= 15 is 0 Å². The first kappa shape index (κ1) is 13.9. The van der Waals surface area contributed by atoms with Gasteiger partial charge in [-0.1, -0.05) is 12.1 Å². The van der Waals surface area contributed by atoms with Gasteiger partial charge in [-0.2, -0.15) is 0 Å². The number of hydrogen-bond donors (Lipinski definition) is 1. The monoisotopic (exact) mass is 284 g/mol. The summed E-state index contributed by atoms with van der Waals surface area (Å²) in [5, 5.41) is 1.000. The Bertz CT molecular complexity index is 694. The standard InChI is InChI=1S/C17H20N2O2/c1-11-3-4-14-15(10-18-16(14)9-11)17(21)13-5-7-19(8-6-13)12(2)20/h3-4,9-10,13,18H,5-8H2,1-2H3. The molecular weight excluding hydrogens is 264 g/mol. The number of aryl methyl sites for hydroxylation is 1. The zero-order chi connectivity index (χ0) is 15.0. The fourth-order valence-electron chi connectivity index (χ4n) is 3.12. The summed E-state index contributed by atoms with van der Waals surface area (Å²) >= 11 is 0. The highest BCUT2D eigenvalue weighted by atomic mass is 16.2. The van der Waals surface area contributed by atoms with E-state index in [0.717, 1.165) is 29.3 Å². The predicted octanol–water partition coefficient (Wildman–Crippen LogP) is 2.92. The van der Waals surface area contributed by atoms with Crippen LogP contribution in [-0.2, 0) is 4.79 Å². The van der Waals surface area contributed by atoms with E-state index in [-0.39, 0.29) is 17.6 Å². The summed E-state index contributed by atoms with van der Waals surface area (Å²) in [6.45, 7) is 5.00. The molecule has 110 valence electrons. The van der Waals surface area contributed by atoms with Crippen molar-refractivity contribution in [1.82, 2.24) is 9.88 Å². The van der Waals surface area contributed by atoms with Gasteiger partial charge >= 0.3 is 0 Å². The summed E-state index contributed by atoms with van der Waals surface area (Å²) in [5.74, 6) is 0.331. The van der Waals surface area contributed by atoms with Crippen molar-refractivity contribution in [3.05, 3.63) is 35.5 Å². The summed E-state index contributed by atoms with van der Waals surface area (Å²) in [6, 6.07) is 6.11. The van der Waals surface area contributed by atoms with Crippen LogP contribution in [0, 0.1) is 12.8 Å². The molecule has 1 aliphatic rings. The van der Waals surface area contributed by atoms with E-state index in [1.165, 1.54) is 5.56 Å². The molecule has 0 radical (unpaired) electrons. The van der Waals surface area contributed by atoms with Crippen LogP contribution in [0.4, 0.5) is 0 Å². The number of ketones is 1. The van der Waals surface area contributed by atoms with E-state index in [2.05, 4.69) is 11.1 Å². The van der Waals surface area contributed by atoms with Crippen LogP contribution >= 0.6 is 0 Å². The van der Waals surface area contributed by atoms with Gasteiger partial charge in [0.2, 0.25) is 5.91 Å². The van der Waals surface area contributed by atoms with Gasteiger partial charge in [-0.15, -0.1) is 0 Å². The topological polar surface area (TPSA) is 53.2 Å². The van der Waals surface area contributed by atoms with E-state index in [1.807, 2.05) is 30.2 Å². The van der Waals surface area contributed by atoms with Gasteiger partial charge in [0.1, 0.15) is 0 Å². The normalized spacial score (nSPS) is 16.4. The zero-order valence-electron chi connectivity index (χ0n) is 12.5. The molecule has 1 N–H and O–H groups in total. The zero-order valence-corrected chi connectivity index (χ0v) is 12.5. The third kappa shape index (κ3) is 2.58. The summed E-state index contributed by atoms with van der Waals surface area (Å²) in [7, 11) is 0. The molecule has 3 rings (SSSR count). The number of nitrogens with zero attached hydrogens (tertiary/aromatic N) is 1. The SMILES string of the molecule is CC(=O)N1CCC(C(=O)c2c[nH]c3cc(C)ccc23)CC1. The summed E-state index contributed by atoms with van der Waals surface area (Å²) in [4.78, 5) is 29.1. The number of carbonyl (C=O) groups excluding carboxylic acids is 2. The van der Waals surface area contributed by atoms with Crippen LogP contribution in [-0.4, -0.2) is 34.7 Å². The summed E-state index contributed by atoms with van der Waals surface area (Å²) < 4.78 is 0. The average Bonchev–Trinajstić information content (AvgIpc) is 2.89. The van der Waals surface area contributed by atoms with Crippen LogP contribution in [0.15, 0.2) is 24.4 Å². The number of benzene rings is 1. The molecule has 0 bridgehead atoms. The number of aromatic nitrogens is 1.